The van der Waals surface area contributed by atoms with Gasteiger partial charge in [-0.15, -0.1) is 0 Å². The number of aromatic amines is 1. The molecule has 1 aliphatic carbocycles. The van der Waals surface area contributed by atoms with Crippen LogP contribution in [0.3, 0.4) is 0 Å². The topological polar surface area (TPSA) is 107 Å². The number of aromatic nitrogens is 3. The van der Waals surface area contributed by atoms with Crippen molar-refractivity contribution in [3.05, 3.63) is 35.7 Å². The number of hydrogen-bond donors (Lipinski definition) is 2. The first-order valence-corrected chi connectivity index (χ1v) is 13.2. The summed E-state index contributed by atoms with van der Waals surface area (Å²) >= 11 is 0. The van der Waals surface area contributed by atoms with Crippen LogP contribution >= 0.6 is 7.14 Å². The number of fused-ring (bicyclic) bond motifs is 1. The van der Waals surface area contributed by atoms with Crippen LogP contribution in [0.15, 0.2) is 24.4 Å². The van der Waals surface area contributed by atoms with Crippen molar-refractivity contribution in [2.24, 2.45) is 0 Å². The van der Waals surface area contributed by atoms with E-state index in [1.807, 2.05) is 18.2 Å². The smallest absolute Gasteiger partial charge is 0.229 e. The molecule has 1 saturated heterocycles. The molecule has 8 nitrogen and oxygen atoms in total. The Labute approximate surface area is 187 Å². The van der Waals surface area contributed by atoms with Crippen LogP contribution in [0.25, 0.3) is 11.0 Å². The van der Waals surface area contributed by atoms with Gasteiger partial charge in [0.2, 0.25) is 5.95 Å². The average molecular weight is 450 g/mol. The third-order valence-electron chi connectivity index (χ3n) is 6.55. The minimum Gasteiger partial charge on any atom is -0.495 e. The van der Waals surface area contributed by atoms with E-state index in [-0.39, 0.29) is 0 Å². The second kappa shape index (κ2) is 8.23. The lowest BCUT2D eigenvalue weighted by molar-refractivity contribution is 0.312. The van der Waals surface area contributed by atoms with Gasteiger partial charge in [0.15, 0.2) is 0 Å². The summed E-state index contributed by atoms with van der Waals surface area (Å²) in [4.78, 5) is 14.8. The van der Waals surface area contributed by atoms with Crippen molar-refractivity contribution in [1.29, 1.82) is 5.26 Å². The molecule has 1 saturated carbocycles. The quantitative estimate of drug-likeness (QED) is 0.550. The van der Waals surface area contributed by atoms with Crippen LogP contribution in [0.1, 0.15) is 36.9 Å². The van der Waals surface area contributed by atoms with Gasteiger partial charge >= 0.3 is 0 Å². The third kappa shape index (κ3) is 3.76. The highest BCUT2D eigenvalue weighted by Crippen LogP contribution is 2.47. The van der Waals surface area contributed by atoms with E-state index in [1.165, 1.54) is 0 Å². The first-order chi connectivity index (χ1) is 15.5. The summed E-state index contributed by atoms with van der Waals surface area (Å²) < 4.78 is 19.2. The first-order valence-electron chi connectivity index (χ1n) is 11.1. The normalized spacial score (nSPS) is 18.4. The van der Waals surface area contributed by atoms with Crippen molar-refractivity contribution in [1.82, 2.24) is 19.9 Å². The van der Waals surface area contributed by atoms with Gasteiger partial charge in [0.05, 0.1) is 29.4 Å². The number of anilines is 2. The molecular formula is C23H27N6O2P. The van der Waals surface area contributed by atoms with E-state index in [0.717, 1.165) is 54.5 Å². The van der Waals surface area contributed by atoms with Crippen molar-refractivity contribution in [3.63, 3.8) is 0 Å². The lowest BCUT2D eigenvalue weighted by Gasteiger charge is -2.31. The van der Waals surface area contributed by atoms with Crippen LogP contribution in [-0.2, 0) is 4.57 Å². The van der Waals surface area contributed by atoms with E-state index in [0.29, 0.717) is 41.2 Å². The fraction of sp³-hybridized carbons (Fsp3) is 0.435. The highest BCUT2D eigenvalue weighted by molar-refractivity contribution is 7.71. The van der Waals surface area contributed by atoms with E-state index in [2.05, 4.69) is 33.2 Å². The van der Waals surface area contributed by atoms with Gasteiger partial charge < -0.3 is 24.5 Å². The molecule has 0 radical (unpaired) electrons. The van der Waals surface area contributed by atoms with Crippen molar-refractivity contribution < 1.29 is 9.30 Å². The van der Waals surface area contributed by atoms with E-state index >= 15 is 0 Å². The zero-order valence-electron chi connectivity index (χ0n) is 18.4. The highest BCUT2D eigenvalue weighted by atomic mass is 31.2. The Morgan fingerprint density at radius 3 is 2.75 bits per heavy atom. The van der Waals surface area contributed by atoms with E-state index in [1.54, 1.807) is 13.3 Å². The predicted molar refractivity (Wildman–Crippen MR) is 126 cm³/mol. The number of rotatable bonds is 6. The molecule has 3 heterocycles. The van der Waals surface area contributed by atoms with Gasteiger partial charge in [-0.05, 0) is 37.6 Å². The molecule has 2 N–H and O–H groups in total. The molecule has 2 aliphatic rings. The van der Waals surface area contributed by atoms with E-state index in [4.69, 9.17) is 9.72 Å². The number of nitrogens with zero attached hydrogens (tertiary/aromatic N) is 4. The zero-order chi connectivity index (χ0) is 22.3. The van der Waals surface area contributed by atoms with Crippen LogP contribution in [0.4, 0.5) is 11.6 Å². The molecule has 0 spiro atoms. The lowest BCUT2D eigenvalue weighted by Crippen LogP contribution is -2.36. The Hall–Kier alpha value is -2.88. The molecule has 2 fully saturated rings. The fourth-order valence-corrected chi connectivity index (χ4v) is 7.07. The van der Waals surface area contributed by atoms with Gasteiger partial charge in [0, 0.05) is 42.8 Å². The summed E-state index contributed by atoms with van der Waals surface area (Å²) in [5.74, 6) is 1.45. The van der Waals surface area contributed by atoms with Crippen LogP contribution in [0, 0.1) is 11.3 Å². The van der Waals surface area contributed by atoms with Crippen LogP contribution in [-0.4, -0.2) is 58.9 Å². The number of ether oxygens (including phenoxy) is 1. The Balaban J connectivity index is 1.45. The van der Waals surface area contributed by atoms with Gasteiger partial charge in [-0.1, -0.05) is 6.92 Å². The van der Waals surface area contributed by atoms with Gasteiger partial charge in [-0.2, -0.15) is 10.2 Å². The molecular weight excluding hydrogens is 423 g/mol. The molecule has 3 aromatic rings. The van der Waals surface area contributed by atoms with Crippen molar-refractivity contribution in [2.45, 2.75) is 25.7 Å². The van der Waals surface area contributed by atoms with E-state index in [9.17, 15) is 9.83 Å². The third-order valence-corrected chi connectivity index (χ3v) is 9.61. The summed E-state index contributed by atoms with van der Waals surface area (Å²) in [5, 5.41) is 14.4. The largest absolute Gasteiger partial charge is 0.495 e. The SMILES string of the molecule is CCN1CCP(=O)(c2ccc(Nc3nc(C4CC4)c4c(C#N)c[nH]c4n3)c(OC)c2)CC1. The molecule has 5 rings (SSSR count). The zero-order valence-corrected chi connectivity index (χ0v) is 19.3. The molecule has 166 valence electrons. The fourth-order valence-electron chi connectivity index (χ4n) is 4.42. The molecule has 0 amide bonds. The van der Waals surface area contributed by atoms with Crippen molar-refractivity contribution in [2.75, 3.05) is 44.4 Å². The number of methoxy groups -OCH3 is 1. The summed E-state index contributed by atoms with van der Waals surface area (Å²) in [7, 11) is -0.806. The molecule has 2 aromatic heterocycles. The first kappa shape index (κ1) is 21.0. The van der Waals surface area contributed by atoms with Crippen molar-refractivity contribution in [3.8, 4) is 11.8 Å². The van der Waals surface area contributed by atoms with Crippen molar-refractivity contribution >= 4 is 35.1 Å². The Bertz CT molecular complexity index is 1250. The second-order valence-corrected chi connectivity index (χ2v) is 11.7. The number of H-pyrrole nitrogens is 1. The molecule has 0 atom stereocenters. The standard InChI is InChI=1S/C23H27N6O2P/c1-3-29-8-10-32(30,11-9-29)17-6-7-18(19(12-17)31-2)26-23-27-21(15-4-5-15)20-16(13-24)14-25-22(20)28-23/h6-7,12,14-15H,3-5,8-11H2,1-2H3,(H2,25,26,27,28). The molecule has 9 heteroatoms. The Morgan fingerprint density at radius 1 is 1.31 bits per heavy atom. The monoisotopic (exact) mass is 450 g/mol. The summed E-state index contributed by atoms with van der Waals surface area (Å²) in [6.45, 7) is 4.88. The maximum atomic E-state index is 13.6. The van der Waals surface area contributed by atoms with Gasteiger partial charge in [0.1, 0.15) is 24.6 Å². The summed E-state index contributed by atoms with van der Waals surface area (Å²) in [6, 6.07) is 7.97. The minimum atomic E-state index is -2.42. The predicted octanol–water partition coefficient (Wildman–Crippen LogP) is 3.78. The van der Waals surface area contributed by atoms with E-state index < -0.39 is 7.14 Å². The number of nitrogens with one attached hydrogen (secondary N) is 2. The maximum Gasteiger partial charge on any atom is 0.229 e. The number of hydrogen-bond acceptors (Lipinski definition) is 7. The van der Waals surface area contributed by atoms with Gasteiger partial charge in [-0.25, -0.2) is 4.98 Å². The molecule has 0 bridgehead atoms. The Morgan fingerprint density at radius 2 is 2.09 bits per heavy atom. The van der Waals surface area contributed by atoms with Crippen LogP contribution < -0.4 is 15.4 Å². The number of benzene rings is 1. The molecule has 1 aromatic carbocycles. The minimum absolute atomic E-state index is 0.368. The molecule has 32 heavy (non-hydrogen) atoms. The van der Waals surface area contributed by atoms with Crippen LogP contribution in [0.5, 0.6) is 5.75 Å². The summed E-state index contributed by atoms with van der Waals surface area (Å²) in [5.41, 5.74) is 2.87. The molecule has 0 unspecified atom stereocenters. The second-order valence-electron chi connectivity index (χ2n) is 8.52. The van der Waals surface area contributed by atoms with Gasteiger partial charge in [0.25, 0.3) is 0 Å². The van der Waals surface area contributed by atoms with Crippen LogP contribution in [0.2, 0.25) is 0 Å². The molecule has 1 aliphatic heterocycles. The summed E-state index contributed by atoms with van der Waals surface area (Å²) in [6.07, 6.45) is 5.24. The lowest BCUT2D eigenvalue weighted by atomic mass is 10.1. The number of nitriles is 1. The van der Waals surface area contributed by atoms with Gasteiger partial charge in [-0.3, -0.25) is 0 Å². The highest BCUT2D eigenvalue weighted by Gasteiger charge is 2.31. The maximum absolute atomic E-state index is 13.6. The Kier molecular flexibility index (Phi) is 5.40. The average Bonchev–Trinajstić information content (AvgIpc) is 3.58.